The van der Waals surface area contributed by atoms with Gasteiger partial charge in [-0.2, -0.15) is 0 Å². The monoisotopic (exact) mass is 300 g/mol. The lowest BCUT2D eigenvalue weighted by Crippen LogP contribution is -2.26. The van der Waals surface area contributed by atoms with Crippen molar-refractivity contribution >= 4 is 17.5 Å². The molecule has 2 aromatic rings. The van der Waals surface area contributed by atoms with Gasteiger partial charge in [0.15, 0.2) is 0 Å². The normalized spacial score (nSPS) is 13.6. The van der Waals surface area contributed by atoms with Crippen LogP contribution in [0.5, 0.6) is 0 Å². The van der Waals surface area contributed by atoms with E-state index >= 15 is 0 Å². The van der Waals surface area contributed by atoms with E-state index in [0.717, 1.165) is 18.4 Å². The van der Waals surface area contributed by atoms with Gasteiger partial charge in [-0.15, -0.1) is 5.10 Å². The van der Waals surface area contributed by atoms with E-state index < -0.39 is 0 Å². The molecular weight excluding hydrogens is 284 g/mol. The van der Waals surface area contributed by atoms with Crippen molar-refractivity contribution in [2.24, 2.45) is 0 Å². The Morgan fingerprint density at radius 1 is 1.18 bits per heavy atom. The van der Waals surface area contributed by atoms with E-state index in [1.807, 2.05) is 12.1 Å². The molecule has 1 aromatic carbocycles. The first-order chi connectivity index (χ1) is 10.7. The lowest BCUT2D eigenvalue weighted by atomic mass is 10.1. The second-order valence-electron chi connectivity index (χ2n) is 5.27. The second-order valence-corrected chi connectivity index (χ2v) is 5.27. The fraction of sp³-hybridized carbons (Fsp3) is 0.357. The number of tetrazole rings is 1. The molecule has 1 aliphatic rings. The van der Waals surface area contributed by atoms with E-state index in [1.54, 1.807) is 12.1 Å². The van der Waals surface area contributed by atoms with Crippen LogP contribution in [0.2, 0.25) is 0 Å². The average Bonchev–Trinajstić information content (AvgIpc) is 3.14. The van der Waals surface area contributed by atoms with Gasteiger partial charge in [0.25, 0.3) is 0 Å². The van der Waals surface area contributed by atoms with Crippen LogP contribution < -0.4 is 10.6 Å². The molecule has 8 heteroatoms. The number of nitrogens with zero attached hydrogens (tertiary/aromatic N) is 4. The molecule has 0 aliphatic heterocycles. The van der Waals surface area contributed by atoms with Gasteiger partial charge < -0.3 is 10.6 Å². The summed E-state index contributed by atoms with van der Waals surface area (Å²) in [6.07, 6.45) is 3.90. The van der Waals surface area contributed by atoms with Crippen molar-refractivity contribution in [3.05, 3.63) is 36.2 Å². The summed E-state index contributed by atoms with van der Waals surface area (Å²) in [5.74, 6) is -0.176. The fourth-order valence-corrected chi connectivity index (χ4v) is 2.00. The van der Waals surface area contributed by atoms with Crippen LogP contribution in [0.15, 0.2) is 30.6 Å². The van der Waals surface area contributed by atoms with E-state index in [1.165, 1.54) is 11.0 Å². The van der Waals surface area contributed by atoms with Crippen LogP contribution in [0.1, 0.15) is 18.4 Å². The minimum Gasteiger partial charge on any atom is -0.353 e. The van der Waals surface area contributed by atoms with Gasteiger partial charge in [-0.1, -0.05) is 12.1 Å². The summed E-state index contributed by atoms with van der Waals surface area (Å²) in [5, 5.41) is 16.2. The summed E-state index contributed by atoms with van der Waals surface area (Å²) in [6, 6.07) is 7.59. The quantitative estimate of drug-likeness (QED) is 0.789. The molecule has 8 nitrogen and oxygen atoms in total. The lowest BCUT2D eigenvalue weighted by molar-refractivity contribution is -0.120. The van der Waals surface area contributed by atoms with Crippen LogP contribution in [-0.4, -0.2) is 38.1 Å². The molecule has 0 spiro atoms. The predicted molar refractivity (Wildman–Crippen MR) is 77.8 cm³/mol. The third-order valence-electron chi connectivity index (χ3n) is 3.24. The zero-order valence-electron chi connectivity index (χ0n) is 11.9. The highest BCUT2D eigenvalue weighted by Gasteiger charge is 2.22. The Labute approximate surface area is 126 Å². The second kappa shape index (κ2) is 6.33. The lowest BCUT2D eigenvalue weighted by Gasteiger charge is -2.07. The number of hydrogen-bond acceptors (Lipinski definition) is 5. The average molecular weight is 300 g/mol. The minimum absolute atomic E-state index is 0.0398. The number of aromatic nitrogens is 4. The molecule has 0 saturated heterocycles. The van der Waals surface area contributed by atoms with E-state index in [0.29, 0.717) is 18.2 Å². The number of carbonyl (C=O) groups excluding carboxylic acids is 2. The van der Waals surface area contributed by atoms with Crippen molar-refractivity contribution in [3.8, 4) is 0 Å². The highest BCUT2D eigenvalue weighted by Crippen LogP contribution is 2.19. The molecule has 3 rings (SSSR count). The summed E-state index contributed by atoms with van der Waals surface area (Å²) >= 11 is 0. The van der Waals surface area contributed by atoms with Gasteiger partial charge >= 0.3 is 0 Å². The topological polar surface area (TPSA) is 102 Å². The maximum absolute atomic E-state index is 11.8. The fourth-order valence-electron chi connectivity index (χ4n) is 2.00. The largest absolute Gasteiger partial charge is 0.353 e. The first-order valence-corrected chi connectivity index (χ1v) is 7.08. The molecule has 0 unspecified atom stereocenters. The summed E-state index contributed by atoms with van der Waals surface area (Å²) < 4.78 is 1.34. The Balaban J connectivity index is 1.50. The number of rotatable bonds is 6. The van der Waals surface area contributed by atoms with E-state index in [2.05, 4.69) is 26.2 Å². The van der Waals surface area contributed by atoms with E-state index in [4.69, 9.17) is 0 Å². The van der Waals surface area contributed by atoms with Gasteiger partial charge in [-0.05, 0) is 41.0 Å². The van der Waals surface area contributed by atoms with Gasteiger partial charge in [0.05, 0.1) is 6.42 Å². The molecule has 0 radical (unpaired) electrons. The number of amides is 2. The SMILES string of the molecule is O=C(Cn1cnnn1)Nc1ccc(CC(=O)NC2CC2)cc1. The van der Waals surface area contributed by atoms with Crippen LogP contribution in [0.25, 0.3) is 0 Å². The summed E-state index contributed by atoms with van der Waals surface area (Å²) in [5.41, 5.74) is 1.58. The van der Waals surface area contributed by atoms with Gasteiger partial charge in [0.2, 0.25) is 11.8 Å². The molecule has 114 valence electrons. The summed E-state index contributed by atoms with van der Waals surface area (Å²) in [7, 11) is 0. The van der Waals surface area contributed by atoms with Crippen molar-refractivity contribution in [1.82, 2.24) is 25.5 Å². The Bertz CT molecular complexity index is 648. The summed E-state index contributed by atoms with van der Waals surface area (Å²) in [4.78, 5) is 23.5. The van der Waals surface area contributed by atoms with Gasteiger partial charge in [-0.25, -0.2) is 4.68 Å². The van der Waals surface area contributed by atoms with E-state index in [9.17, 15) is 9.59 Å². The number of anilines is 1. The van der Waals surface area contributed by atoms with Crippen molar-refractivity contribution < 1.29 is 9.59 Å². The van der Waals surface area contributed by atoms with Crippen LogP contribution in [0, 0.1) is 0 Å². The maximum Gasteiger partial charge on any atom is 0.246 e. The van der Waals surface area contributed by atoms with Crippen LogP contribution in [0.3, 0.4) is 0 Å². The van der Waals surface area contributed by atoms with Crippen LogP contribution >= 0.6 is 0 Å². The molecular formula is C14H16N6O2. The maximum atomic E-state index is 11.8. The van der Waals surface area contributed by atoms with E-state index in [-0.39, 0.29) is 18.4 Å². The molecule has 0 atom stereocenters. The predicted octanol–water partition coefficient (Wildman–Crippen LogP) is 0.133. The van der Waals surface area contributed by atoms with Gasteiger partial charge in [0.1, 0.15) is 12.9 Å². The number of nitrogens with one attached hydrogen (secondary N) is 2. The molecule has 2 N–H and O–H groups in total. The number of benzene rings is 1. The highest BCUT2D eigenvalue weighted by atomic mass is 16.2. The van der Waals surface area contributed by atoms with Crippen molar-refractivity contribution in [2.45, 2.75) is 31.8 Å². The van der Waals surface area contributed by atoms with Gasteiger partial charge in [-0.3, -0.25) is 9.59 Å². The van der Waals surface area contributed by atoms with Crippen molar-refractivity contribution in [2.75, 3.05) is 5.32 Å². The third kappa shape index (κ3) is 4.11. The first kappa shape index (κ1) is 14.2. The molecule has 2 amide bonds. The minimum atomic E-state index is -0.216. The molecule has 1 fully saturated rings. The molecule has 0 bridgehead atoms. The Morgan fingerprint density at radius 3 is 2.59 bits per heavy atom. The Kier molecular flexibility index (Phi) is 4.08. The summed E-state index contributed by atoms with van der Waals surface area (Å²) in [6.45, 7) is 0.0541. The molecule has 22 heavy (non-hydrogen) atoms. The zero-order valence-corrected chi connectivity index (χ0v) is 11.9. The smallest absolute Gasteiger partial charge is 0.246 e. The number of carbonyl (C=O) groups is 2. The third-order valence-corrected chi connectivity index (χ3v) is 3.24. The standard InChI is InChI=1S/C14H16N6O2/c21-13(16-12-5-6-12)7-10-1-3-11(4-2-10)17-14(22)8-20-9-15-18-19-20/h1-4,9,12H,5-8H2,(H,16,21)(H,17,22). The Morgan fingerprint density at radius 2 is 1.95 bits per heavy atom. The molecule has 1 aliphatic carbocycles. The first-order valence-electron chi connectivity index (χ1n) is 7.08. The molecule has 1 saturated carbocycles. The van der Waals surface area contributed by atoms with Crippen molar-refractivity contribution in [1.29, 1.82) is 0 Å². The molecule has 1 aromatic heterocycles. The van der Waals surface area contributed by atoms with Crippen molar-refractivity contribution in [3.63, 3.8) is 0 Å². The Hall–Kier alpha value is -2.77. The molecule has 1 heterocycles. The van der Waals surface area contributed by atoms with Gasteiger partial charge in [0, 0.05) is 11.7 Å². The van der Waals surface area contributed by atoms with Crippen LogP contribution in [-0.2, 0) is 22.6 Å². The highest BCUT2D eigenvalue weighted by molar-refractivity contribution is 5.90. The zero-order chi connectivity index (χ0) is 15.4. The van der Waals surface area contributed by atoms with Crippen LogP contribution in [0.4, 0.5) is 5.69 Å². The number of hydrogen-bond donors (Lipinski definition) is 2.